The van der Waals surface area contributed by atoms with Crippen molar-refractivity contribution in [1.82, 2.24) is 0 Å². The summed E-state index contributed by atoms with van der Waals surface area (Å²) in [5.74, 6) is 0.821. The fourth-order valence-corrected chi connectivity index (χ4v) is 2.16. The van der Waals surface area contributed by atoms with Gasteiger partial charge in [0, 0.05) is 30.4 Å². The number of hydrogen-bond donors (Lipinski definition) is 2. The first kappa shape index (κ1) is 18.1. The van der Waals surface area contributed by atoms with E-state index in [0.29, 0.717) is 22.9 Å². The summed E-state index contributed by atoms with van der Waals surface area (Å²) in [4.78, 5) is 23.2. The van der Waals surface area contributed by atoms with E-state index in [0.717, 1.165) is 5.56 Å². The second-order valence-corrected chi connectivity index (χ2v) is 5.23. The molecule has 0 aliphatic heterocycles. The lowest BCUT2D eigenvalue weighted by Gasteiger charge is -2.07. The van der Waals surface area contributed by atoms with Crippen molar-refractivity contribution in [2.24, 2.45) is 0 Å². The summed E-state index contributed by atoms with van der Waals surface area (Å²) in [7, 11) is 3.13. The SMILES string of the molecule is COc1cc(/C=C/C(=O)Nc2cccc(NC(C)=O)c2)cc(OC)c1. The summed E-state index contributed by atoms with van der Waals surface area (Å²) in [5, 5.41) is 5.41. The number of nitrogens with one attached hydrogen (secondary N) is 2. The van der Waals surface area contributed by atoms with Gasteiger partial charge in [0.1, 0.15) is 11.5 Å². The molecule has 2 aromatic rings. The number of rotatable bonds is 6. The van der Waals surface area contributed by atoms with Crippen LogP contribution in [0.2, 0.25) is 0 Å². The molecule has 2 aromatic carbocycles. The van der Waals surface area contributed by atoms with Crippen LogP contribution in [0.15, 0.2) is 48.5 Å². The average Bonchev–Trinajstić information content (AvgIpc) is 2.59. The summed E-state index contributed by atoms with van der Waals surface area (Å²) in [6.45, 7) is 1.43. The molecule has 0 aromatic heterocycles. The molecular formula is C19H20N2O4. The lowest BCUT2D eigenvalue weighted by atomic mass is 10.2. The molecule has 0 saturated heterocycles. The van der Waals surface area contributed by atoms with Gasteiger partial charge in [0.2, 0.25) is 11.8 Å². The van der Waals surface area contributed by atoms with Crippen LogP contribution >= 0.6 is 0 Å². The van der Waals surface area contributed by atoms with Crippen molar-refractivity contribution in [1.29, 1.82) is 0 Å². The molecule has 0 aliphatic carbocycles. The Bertz CT molecular complexity index is 778. The van der Waals surface area contributed by atoms with Crippen LogP contribution in [0.5, 0.6) is 11.5 Å². The Labute approximate surface area is 146 Å². The Kier molecular flexibility index (Phi) is 6.17. The predicted octanol–water partition coefficient (Wildman–Crippen LogP) is 3.31. The lowest BCUT2D eigenvalue weighted by molar-refractivity contribution is -0.114. The lowest BCUT2D eigenvalue weighted by Crippen LogP contribution is -2.09. The van der Waals surface area contributed by atoms with E-state index in [1.165, 1.54) is 13.0 Å². The molecule has 2 N–H and O–H groups in total. The van der Waals surface area contributed by atoms with E-state index in [9.17, 15) is 9.59 Å². The highest BCUT2D eigenvalue weighted by atomic mass is 16.5. The molecule has 0 saturated carbocycles. The minimum Gasteiger partial charge on any atom is -0.497 e. The second-order valence-electron chi connectivity index (χ2n) is 5.23. The third kappa shape index (κ3) is 5.69. The van der Waals surface area contributed by atoms with Crippen molar-refractivity contribution in [3.05, 3.63) is 54.1 Å². The smallest absolute Gasteiger partial charge is 0.248 e. The summed E-state index contributed by atoms with van der Waals surface area (Å²) in [6, 6.07) is 12.3. The number of benzene rings is 2. The Hall–Kier alpha value is -3.28. The van der Waals surface area contributed by atoms with Gasteiger partial charge in [-0.2, -0.15) is 0 Å². The number of amides is 2. The summed E-state index contributed by atoms with van der Waals surface area (Å²) >= 11 is 0. The molecule has 0 spiro atoms. The fourth-order valence-electron chi connectivity index (χ4n) is 2.16. The number of carbonyl (C=O) groups excluding carboxylic acids is 2. The zero-order valence-corrected chi connectivity index (χ0v) is 14.3. The third-order valence-electron chi connectivity index (χ3n) is 3.25. The van der Waals surface area contributed by atoms with Gasteiger partial charge in [-0.25, -0.2) is 0 Å². The van der Waals surface area contributed by atoms with E-state index in [-0.39, 0.29) is 11.8 Å². The van der Waals surface area contributed by atoms with Gasteiger partial charge in [-0.15, -0.1) is 0 Å². The van der Waals surface area contributed by atoms with Crippen molar-refractivity contribution in [2.75, 3.05) is 24.9 Å². The Morgan fingerprint density at radius 3 is 2.08 bits per heavy atom. The largest absolute Gasteiger partial charge is 0.497 e. The van der Waals surface area contributed by atoms with E-state index in [2.05, 4.69) is 10.6 Å². The molecular weight excluding hydrogens is 320 g/mol. The van der Waals surface area contributed by atoms with Gasteiger partial charge < -0.3 is 20.1 Å². The molecule has 6 heteroatoms. The van der Waals surface area contributed by atoms with E-state index in [1.54, 1.807) is 62.8 Å². The predicted molar refractivity (Wildman–Crippen MR) is 98.0 cm³/mol. The first-order valence-electron chi connectivity index (χ1n) is 7.60. The van der Waals surface area contributed by atoms with Crippen molar-refractivity contribution in [2.45, 2.75) is 6.92 Å². The first-order chi connectivity index (χ1) is 12.0. The van der Waals surface area contributed by atoms with Crippen molar-refractivity contribution in [3.8, 4) is 11.5 Å². The maximum atomic E-state index is 12.1. The maximum Gasteiger partial charge on any atom is 0.248 e. The zero-order valence-electron chi connectivity index (χ0n) is 14.3. The highest BCUT2D eigenvalue weighted by molar-refractivity contribution is 6.02. The van der Waals surface area contributed by atoms with Crippen LogP contribution in [0.3, 0.4) is 0 Å². The number of carbonyl (C=O) groups is 2. The molecule has 0 aliphatic rings. The number of anilines is 2. The van der Waals surface area contributed by atoms with E-state index in [4.69, 9.17) is 9.47 Å². The van der Waals surface area contributed by atoms with E-state index < -0.39 is 0 Å². The van der Waals surface area contributed by atoms with E-state index in [1.807, 2.05) is 0 Å². The second kappa shape index (κ2) is 8.54. The molecule has 130 valence electrons. The van der Waals surface area contributed by atoms with Gasteiger partial charge >= 0.3 is 0 Å². The third-order valence-corrected chi connectivity index (χ3v) is 3.25. The van der Waals surface area contributed by atoms with Crippen LogP contribution in [0.1, 0.15) is 12.5 Å². The quantitative estimate of drug-likeness (QED) is 0.791. The van der Waals surface area contributed by atoms with Gasteiger partial charge in [-0.05, 0) is 42.0 Å². The van der Waals surface area contributed by atoms with Crippen LogP contribution in [-0.4, -0.2) is 26.0 Å². The topological polar surface area (TPSA) is 76.7 Å². The Morgan fingerprint density at radius 1 is 0.920 bits per heavy atom. The normalized spacial score (nSPS) is 10.4. The number of hydrogen-bond acceptors (Lipinski definition) is 4. The van der Waals surface area contributed by atoms with Gasteiger partial charge in [0.05, 0.1) is 14.2 Å². The summed E-state index contributed by atoms with van der Waals surface area (Å²) < 4.78 is 10.4. The molecule has 0 heterocycles. The highest BCUT2D eigenvalue weighted by Gasteiger charge is 2.02. The standard InChI is InChI=1S/C19H20N2O4/c1-13(22)20-15-5-4-6-16(11-15)21-19(23)8-7-14-9-17(24-2)12-18(10-14)25-3/h4-12H,1-3H3,(H,20,22)(H,21,23)/b8-7+. The first-order valence-corrected chi connectivity index (χ1v) is 7.60. The zero-order chi connectivity index (χ0) is 18.2. The number of methoxy groups -OCH3 is 2. The monoisotopic (exact) mass is 340 g/mol. The highest BCUT2D eigenvalue weighted by Crippen LogP contribution is 2.23. The molecule has 0 radical (unpaired) electrons. The minimum absolute atomic E-state index is 0.171. The molecule has 0 unspecified atom stereocenters. The van der Waals surface area contributed by atoms with Crippen LogP contribution in [0.4, 0.5) is 11.4 Å². The van der Waals surface area contributed by atoms with Crippen molar-refractivity contribution in [3.63, 3.8) is 0 Å². The summed E-state index contributed by atoms with van der Waals surface area (Å²) in [6.07, 6.45) is 3.08. The average molecular weight is 340 g/mol. The van der Waals surface area contributed by atoms with Crippen LogP contribution in [0, 0.1) is 0 Å². The van der Waals surface area contributed by atoms with Crippen LogP contribution in [-0.2, 0) is 9.59 Å². The summed E-state index contributed by atoms with van der Waals surface area (Å²) in [5.41, 5.74) is 1.98. The number of ether oxygens (including phenoxy) is 2. The molecule has 0 bridgehead atoms. The maximum absolute atomic E-state index is 12.1. The van der Waals surface area contributed by atoms with Gasteiger partial charge in [0.25, 0.3) is 0 Å². The van der Waals surface area contributed by atoms with Crippen LogP contribution in [0.25, 0.3) is 6.08 Å². The van der Waals surface area contributed by atoms with Gasteiger partial charge in [0.15, 0.2) is 0 Å². The molecule has 0 atom stereocenters. The Balaban J connectivity index is 2.07. The Morgan fingerprint density at radius 2 is 1.52 bits per heavy atom. The molecule has 0 fully saturated rings. The van der Waals surface area contributed by atoms with E-state index >= 15 is 0 Å². The van der Waals surface area contributed by atoms with Gasteiger partial charge in [-0.1, -0.05) is 6.07 Å². The molecule has 25 heavy (non-hydrogen) atoms. The fraction of sp³-hybridized carbons (Fsp3) is 0.158. The minimum atomic E-state index is -0.290. The molecule has 2 rings (SSSR count). The van der Waals surface area contributed by atoms with Crippen molar-refractivity contribution >= 4 is 29.3 Å². The van der Waals surface area contributed by atoms with Crippen molar-refractivity contribution < 1.29 is 19.1 Å². The molecule has 2 amide bonds. The molecule has 6 nitrogen and oxygen atoms in total. The van der Waals surface area contributed by atoms with Gasteiger partial charge in [-0.3, -0.25) is 9.59 Å². The van der Waals surface area contributed by atoms with Crippen LogP contribution < -0.4 is 20.1 Å².